The van der Waals surface area contributed by atoms with Gasteiger partial charge >= 0.3 is 0 Å². The van der Waals surface area contributed by atoms with Gasteiger partial charge in [-0.2, -0.15) is 0 Å². The molecule has 2 amide bonds. The molecule has 0 aromatic heterocycles. The summed E-state index contributed by atoms with van der Waals surface area (Å²) in [5.41, 5.74) is 1.22. The zero-order valence-electron chi connectivity index (χ0n) is 10.8. The van der Waals surface area contributed by atoms with E-state index in [9.17, 15) is 9.59 Å². The van der Waals surface area contributed by atoms with E-state index in [1.165, 1.54) is 5.56 Å². The van der Waals surface area contributed by atoms with Crippen LogP contribution in [-0.2, 0) is 15.3 Å². The molecule has 0 bridgehead atoms. The van der Waals surface area contributed by atoms with Crippen LogP contribution >= 0.6 is 11.8 Å². The fourth-order valence-corrected chi connectivity index (χ4v) is 2.83. The third kappa shape index (κ3) is 4.59. The zero-order valence-corrected chi connectivity index (χ0v) is 11.6. The van der Waals surface area contributed by atoms with Crippen LogP contribution in [0.1, 0.15) is 12.0 Å². The molecule has 0 unspecified atom stereocenters. The molecular formula is C14H18N2O2S. The van der Waals surface area contributed by atoms with E-state index in [1.807, 2.05) is 18.2 Å². The maximum Gasteiger partial charge on any atom is 0.239 e. The Balaban J connectivity index is 1.76. The van der Waals surface area contributed by atoms with Crippen molar-refractivity contribution < 1.29 is 9.59 Å². The van der Waals surface area contributed by atoms with Gasteiger partial charge in [-0.25, -0.2) is 0 Å². The number of nitrogens with zero attached hydrogens (tertiary/aromatic N) is 1. The predicted molar refractivity (Wildman–Crippen MR) is 76.8 cm³/mol. The molecular weight excluding hydrogens is 260 g/mol. The monoisotopic (exact) mass is 278 g/mol. The van der Waals surface area contributed by atoms with Crippen LogP contribution in [0.3, 0.4) is 0 Å². The van der Waals surface area contributed by atoms with Crippen LogP contribution < -0.4 is 5.32 Å². The van der Waals surface area contributed by atoms with E-state index in [1.54, 1.807) is 16.7 Å². The minimum atomic E-state index is -0.0566. The number of benzene rings is 1. The second-order valence-corrected chi connectivity index (χ2v) is 5.48. The van der Waals surface area contributed by atoms with Gasteiger partial charge in [-0.15, -0.1) is 11.8 Å². The standard InChI is InChI=1S/C14H18N2O2S/c17-13-9-16(8-4-7-15-13)14(18)11-19-10-12-5-2-1-3-6-12/h1-3,5-6H,4,7-11H2,(H,15,17). The fraction of sp³-hybridized carbons (Fsp3) is 0.429. The molecule has 5 heteroatoms. The number of carbonyl (C=O) groups excluding carboxylic acids is 2. The van der Waals surface area contributed by atoms with Crippen molar-refractivity contribution in [2.24, 2.45) is 0 Å². The Hall–Kier alpha value is -1.49. The first-order valence-electron chi connectivity index (χ1n) is 6.42. The number of rotatable bonds is 4. The SMILES string of the molecule is O=C1CN(C(=O)CSCc2ccccc2)CCCN1. The Bertz CT molecular complexity index is 436. The molecule has 1 aliphatic rings. The molecule has 4 nitrogen and oxygen atoms in total. The van der Waals surface area contributed by atoms with Gasteiger partial charge in [-0.1, -0.05) is 30.3 Å². The highest BCUT2D eigenvalue weighted by atomic mass is 32.2. The summed E-state index contributed by atoms with van der Waals surface area (Å²) in [5, 5.41) is 2.77. The van der Waals surface area contributed by atoms with E-state index in [4.69, 9.17) is 0 Å². The van der Waals surface area contributed by atoms with E-state index in [-0.39, 0.29) is 18.4 Å². The molecule has 0 saturated carbocycles. The number of hydrogen-bond donors (Lipinski definition) is 1. The summed E-state index contributed by atoms with van der Waals surface area (Å²) in [6.45, 7) is 1.54. The predicted octanol–water partition coefficient (Wildman–Crippen LogP) is 1.27. The topological polar surface area (TPSA) is 49.4 Å². The number of hydrogen-bond acceptors (Lipinski definition) is 3. The fourth-order valence-electron chi connectivity index (χ4n) is 1.94. The van der Waals surface area contributed by atoms with E-state index in [0.717, 1.165) is 12.2 Å². The number of amides is 2. The van der Waals surface area contributed by atoms with Crippen LogP contribution in [0.25, 0.3) is 0 Å². The molecule has 1 aromatic carbocycles. The van der Waals surface area contributed by atoms with Crippen molar-refractivity contribution in [3.63, 3.8) is 0 Å². The van der Waals surface area contributed by atoms with Crippen LogP contribution in [0.5, 0.6) is 0 Å². The summed E-state index contributed by atoms with van der Waals surface area (Å²) in [5.74, 6) is 1.26. The van der Waals surface area contributed by atoms with Gasteiger partial charge in [0.1, 0.15) is 0 Å². The van der Waals surface area contributed by atoms with Gasteiger partial charge in [0.25, 0.3) is 0 Å². The second kappa shape index (κ2) is 7.19. The van der Waals surface area contributed by atoms with Gasteiger partial charge in [0.15, 0.2) is 0 Å². The lowest BCUT2D eigenvalue weighted by molar-refractivity contribution is -0.133. The van der Waals surface area contributed by atoms with Crippen molar-refractivity contribution in [1.29, 1.82) is 0 Å². The summed E-state index contributed by atoms with van der Waals surface area (Å²) in [4.78, 5) is 25.0. The molecule has 1 heterocycles. The smallest absolute Gasteiger partial charge is 0.239 e. The van der Waals surface area contributed by atoms with Crippen molar-refractivity contribution in [1.82, 2.24) is 10.2 Å². The third-order valence-corrected chi connectivity index (χ3v) is 3.94. The van der Waals surface area contributed by atoms with E-state index in [2.05, 4.69) is 17.4 Å². The van der Waals surface area contributed by atoms with Crippen molar-refractivity contribution in [3.05, 3.63) is 35.9 Å². The van der Waals surface area contributed by atoms with Crippen LogP contribution in [0, 0.1) is 0 Å². The Morgan fingerprint density at radius 1 is 1.32 bits per heavy atom. The van der Waals surface area contributed by atoms with Gasteiger partial charge in [-0.3, -0.25) is 9.59 Å². The number of thioether (sulfide) groups is 1. The van der Waals surface area contributed by atoms with Crippen molar-refractivity contribution in [2.45, 2.75) is 12.2 Å². The molecule has 0 radical (unpaired) electrons. The maximum absolute atomic E-state index is 12.0. The molecule has 102 valence electrons. The molecule has 0 spiro atoms. The van der Waals surface area contributed by atoms with Gasteiger partial charge in [-0.05, 0) is 12.0 Å². The minimum absolute atomic E-state index is 0.0537. The van der Waals surface area contributed by atoms with Crippen LogP contribution in [0.15, 0.2) is 30.3 Å². The molecule has 2 rings (SSSR count). The summed E-state index contributed by atoms with van der Waals surface area (Å²) in [6, 6.07) is 10.1. The molecule has 1 aliphatic heterocycles. The molecule has 19 heavy (non-hydrogen) atoms. The highest BCUT2D eigenvalue weighted by molar-refractivity contribution is 7.99. The van der Waals surface area contributed by atoms with Gasteiger partial charge in [0, 0.05) is 18.8 Å². The lowest BCUT2D eigenvalue weighted by Gasteiger charge is -2.18. The first kappa shape index (κ1) is 13.9. The van der Waals surface area contributed by atoms with Crippen LogP contribution in [0.4, 0.5) is 0 Å². The Morgan fingerprint density at radius 3 is 2.89 bits per heavy atom. The van der Waals surface area contributed by atoms with Crippen LogP contribution in [0.2, 0.25) is 0 Å². The summed E-state index contributed by atoms with van der Waals surface area (Å²) >= 11 is 1.59. The van der Waals surface area contributed by atoms with Gasteiger partial charge in [0.05, 0.1) is 12.3 Å². The molecule has 0 atom stereocenters. The quantitative estimate of drug-likeness (QED) is 0.902. The van der Waals surface area contributed by atoms with E-state index in [0.29, 0.717) is 18.8 Å². The Labute approximate surface area is 117 Å². The number of carbonyl (C=O) groups is 2. The Morgan fingerprint density at radius 2 is 2.11 bits per heavy atom. The lowest BCUT2D eigenvalue weighted by Crippen LogP contribution is -2.38. The Kier molecular flexibility index (Phi) is 5.27. The zero-order chi connectivity index (χ0) is 13.5. The summed E-state index contributed by atoms with van der Waals surface area (Å²) in [6.07, 6.45) is 0.834. The normalized spacial score (nSPS) is 15.8. The summed E-state index contributed by atoms with van der Waals surface area (Å²) < 4.78 is 0. The minimum Gasteiger partial charge on any atom is -0.354 e. The first-order chi connectivity index (χ1) is 9.25. The molecule has 1 aromatic rings. The maximum atomic E-state index is 12.0. The third-order valence-electron chi connectivity index (χ3n) is 2.95. The number of nitrogens with one attached hydrogen (secondary N) is 1. The van der Waals surface area contributed by atoms with E-state index >= 15 is 0 Å². The van der Waals surface area contributed by atoms with Gasteiger partial charge < -0.3 is 10.2 Å². The molecule has 1 fully saturated rings. The average molecular weight is 278 g/mol. The average Bonchev–Trinajstić information content (AvgIpc) is 2.64. The largest absolute Gasteiger partial charge is 0.354 e. The van der Waals surface area contributed by atoms with Crippen molar-refractivity contribution in [2.75, 3.05) is 25.4 Å². The highest BCUT2D eigenvalue weighted by Crippen LogP contribution is 2.12. The van der Waals surface area contributed by atoms with Crippen molar-refractivity contribution >= 4 is 23.6 Å². The lowest BCUT2D eigenvalue weighted by atomic mass is 10.2. The van der Waals surface area contributed by atoms with Gasteiger partial charge in [0.2, 0.25) is 11.8 Å². The van der Waals surface area contributed by atoms with Crippen molar-refractivity contribution in [3.8, 4) is 0 Å². The molecule has 0 aliphatic carbocycles. The highest BCUT2D eigenvalue weighted by Gasteiger charge is 2.19. The second-order valence-electron chi connectivity index (χ2n) is 4.50. The van der Waals surface area contributed by atoms with E-state index < -0.39 is 0 Å². The molecule has 1 N–H and O–H groups in total. The van der Waals surface area contributed by atoms with Crippen LogP contribution in [-0.4, -0.2) is 42.1 Å². The summed E-state index contributed by atoms with van der Waals surface area (Å²) in [7, 11) is 0. The first-order valence-corrected chi connectivity index (χ1v) is 7.57. The molecule has 1 saturated heterocycles.